The summed E-state index contributed by atoms with van der Waals surface area (Å²) in [4.78, 5) is 17.4. The third-order valence-corrected chi connectivity index (χ3v) is 11.7. The van der Waals surface area contributed by atoms with E-state index >= 15 is 0 Å². The Bertz CT molecular complexity index is 2350. The summed E-state index contributed by atoms with van der Waals surface area (Å²) >= 11 is 0. The quantitative estimate of drug-likeness (QED) is 0.103. The van der Waals surface area contributed by atoms with Gasteiger partial charge in [0.1, 0.15) is 11.2 Å². The molecule has 0 bridgehead atoms. The van der Waals surface area contributed by atoms with E-state index in [0.717, 1.165) is 81.6 Å². The van der Waals surface area contributed by atoms with Crippen LogP contribution in [0, 0.1) is 37.7 Å². The van der Waals surface area contributed by atoms with Gasteiger partial charge >= 0.3 is 0 Å². The Balaban J connectivity index is 0.000000241. The molecule has 2 aromatic heterocycles. The molecule has 0 amide bonds. The van der Waals surface area contributed by atoms with E-state index < -0.39 is 0 Å². The largest absolute Gasteiger partial charge is 0.512 e. The maximum Gasteiger partial charge on any atom is 0.162 e. The van der Waals surface area contributed by atoms with Crippen molar-refractivity contribution < 1.29 is 34.4 Å². The minimum atomic E-state index is -0.0184. The van der Waals surface area contributed by atoms with Crippen LogP contribution >= 0.6 is 0 Å². The molecule has 0 aliphatic heterocycles. The van der Waals surface area contributed by atoms with Crippen LogP contribution in [0.4, 0.5) is 0 Å². The van der Waals surface area contributed by atoms with Crippen molar-refractivity contribution in [3.05, 3.63) is 101 Å². The first-order chi connectivity index (χ1) is 25.9. The van der Waals surface area contributed by atoms with Gasteiger partial charge in [0.25, 0.3) is 0 Å². The van der Waals surface area contributed by atoms with E-state index in [2.05, 4.69) is 115 Å². The number of furan rings is 1. The monoisotopic (exact) mass is 913 g/mol. The fourth-order valence-corrected chi connectivity index (χ4v) is 9.03. The zero-order chi connectivity index (χ0) is 38.1. The molecule has 0 unspecified atom stereocenters. The number of fused-ring (bicyclic) bond motifs is 6. The normalized spacial score (nSPS) is 16.1. The first-order valence-electron chi connectivity index (χ1n) is 20.5. The van der Waals surface area contributed by atoms with Crippen LogP contribution in [0.15, 0.2) is 76.9 Å². The molecule has 0 atom stereocenters. The van der Waals surface area contributed by atoms with Crippen molar-refractivity contribution in [1.29, 1.82) is 0 Å². The van der Waals surface area contributed by atoms with Crippen LogP contribution < -0.4 is 0 Å². The number of hydrogen-bond acceptors (Lipinski definition) is 4. The van der Waals surface area contributed by atoms with Crippen LogP contribution in [0.3, 0.4) is 0 Å². The molecule has 2 aliphatic rings. The minimum Gasteiger partial charge on any atom is -0.512 e. The van der Waals surface area contributed by atoms with E-state index in [1.165, 1.54) is 66.2 Å². The predicted octanol–water partition coefficient (Wildman–Crippen LogP) is 14.0. The van der Waals surface area contributed by atoms with Crippen LogP contribution in [0.5, 0.6) is 0 Å². The molecular formula is C50H58IrNO3-. The molecule has 6 aromatic rings. The van der Waals surface area contributed by atoms with E-state index in [1.807, 2.05) is 0 Å². The molecule has 291 valence electrons. The second kappa shape index (κ2) is 17.1. The number of benzene rings is 4. The van der Waals surface area contributed by atoms with E-state index in [9.17, 15) is 9.90 Å². The fraction of sp³-hybridized carbons (Fsp3) is 0.440. The van der Waals surface area contributed by atoms with Crippen LogP contribution in [0.1, 0.15) is 121 Å². The van der Waals surface area contributed by atoms with Crippen molar-refractivity contribution in [2.45, 2.75) is 125 Å². The minimum absolute atomic E-state index is 0. The molecule has 4 aromatic carbocycles. The predicted molar refractivity (Wildman–Crippen MR) is 226 cm³/mol. The summed E-state index contributed by atoms with van der Waals surface area (Å²) in [7, 11) is 0. The molecule has 2 fully saturated rings. The van der Waals surface area contributed by atoms with Gasteiger partial charge in [-0.05, 0) is 80.0 Å². The number of rotatable bonds is 6. The number of hydrogen-bond donors (Lipinski definition) is 1. The number of aryl methyl sites for hydroxylation is 2. The fourth-order valence-electron chi connectivity index (χ4n) is 9.03. The SMILES string of the molecule is Cc1cc(C)c2c(c1)nc(-c1[c-]c3ccccc3c(C(C)(C)C)c1)c1c3cccc(CC(C)C)c3oc21.O=C(/C=C(\O)C1CCCCC1)C1CCCCC1.[Ir]. The zero-order valence-corrected chi connectivity index (χ0v) is 36.3. The number of ketones is 1. The first kappa shape index (κ1) is 40.9. The Morgan fingerprint density at radius 3 is 2.18 bits per heavy atom. The summed E-state index contributed by atoms with van der Waals surface area (Å²) in [6, 6.07) is 25.6. The Labute approximate surface area is 341 Å². The second-order valence-corrected chi connectivity index (χ2v) is 17.7. The topological polar surface area (TPSA) is 63.3 Å². The zero-order valence-electron chi connectivity index (χ0n) is 33.9. The summed E-state index contributed by atoms with van der Waals surface area (Å²) < 4.78 is 6.81. The maximum atomic E-state index is 12.0. The number of nitrogens with zero attached hydrogens (tertiary/aromatic N) is 1. The summed E-state index contributed by atoms with van der Waals surface area (Å²) in [5.41, 5.74) is 9.81. The molecule has 8 rings (SSSR count). The molecule has 2 saturated carbocycles. The molecule has 0 spiro atoms. The summed E-state index contributed by atoms with van der Waals surface area (Å²) in [6.45, 7) is 15.7. The van der Waals surface area contributed by atoms with Crippen molar-refractivity contribution in [2.24, 2.45) is 17.8 Å². The van der Waals surface area contributed by atoms with Crippen LogP contribution in [-0.2, 0) is 36.7 Å². The van der Waals surface area contributed by atoms with Crippen LogP contribution in [-0.4, -0.2) is 15.9 Å². The number of allylic oxidation sites excluding steroid dienone is 2. The van der Waals surface area contributed by atoms with Gasteiger partial charge in [-0.3, -0.25) is 9.78 Å². The van der Waals surface area contributed by atoms with Crippen molar-refractivity contribution >= 4 is 49.4 Å². The average molecular weight is 913 g/mol. The smallest absolute Gasteiger partial charge is 0.162 e. The molecule has 2 heterocycles. The van der Waals surface area contributed by atoms with Gasteiger partial charge in [0.2, 0.25) is 0 Å². The molecule has 2 aliphatic carbocycles. The molecule has 5 heteroatoms. The van der Waals surface area contributed by atoms with Crippen LogP contribution in [0.2, 0.25) is 0 Å². The van der Waals surface area contributed by atoms with Gasteiger partial charge < -0.3 is 9.52 Å². The van der Waals surface area contributed by atoms with Crippen LogP contribution in [0.25, 0.3) is 54.9 Å². The van der Waals surface area contributed by atoms with Crippen molar-refractivity contribution in [1.82, 2.24) is 4.98 Å². The molecule has 0 saturated heterocycles. The maximum absolute atomic E-state index is 12.0. The number of para-hydroxylation sites is 1. The standard InChI is InChI=1S/C35H34NO.C15H24O2.Ir/c1-20(2)15-24-12-10-14-27-31-32(25-18-23-11-8-9-13-26(23)28(19-25)35(5,6)7)36-29-17-21(3)16-22(4)30(29)34(31)37-33(24)27;16-14(12-7-3-1-4-8-12)11-15(17)13-9-5-2-6-10-13;/h8-14,16-17,19-20H,15H2,1-7H3;11-13,16H,1-10H2;/q-1;;/b;14-11-;. The van der Waals surface area contributed by atoms with E-state index in [1.54, 1.807) is 6.08 Å². The Hall–Kier alpha value is -3.79. The Kier molecular flexibility index (Phi) is 12.7. The average Bonchev–Trinajstić information content (AvgIpc) is 3.54. The van der Waals surface area contributed by atoms with Gasteiger partial charge in [-0.15, -0.1) is 29.1 Å². The van der Waals surface area contributed by atoms with Crippen molar-refractivity contribution in [3.63, 3.8) is 0 Å². The van der Waals surface area contributed by atoms with Gasteiger partial charge in [0, 0.05) is 59.9 Å². The molecule has 1 radical (unpaired) electrons. The summed E-state index contributed by atoms with van der Waals surface area (Å²) in [5, 5.41) is 15.7. The summed E-state index contributed by atoms with van der Waals surface area (Å²) in [5.74, 6) is 1.53. The van der Waals surface area contributed by atoms with Gasteiger partial charge in [-0.2, -0.15) is 0 Å². The number of aliphatic hydroxyl groups is 1. The van der Waals surface area contributed by atoms with Gasteiger partial charge in [-0.25, -0.2) is 0 Å². The van der Waals surface area contributed by atoms with Crippen molar-refractivity contribution in [2.75, 3.05) is 0 Å². The van der Waals surface area contributed by atoms with Gasteiger partial charge in [-0.1, -0.05) is 127 Å². The number of aromatic nitrogens is 1. The third kappa shape index (κ3) is 8.79. The number of carbonyl (C=O) groups is 1. The Morgan fingerprint density at radius 2 is 1.51 bits per heavy atom. The molecule has 4 nitrogen and oxygen atoms in total. The molecule has 55 heavy (non-hydrogen) atoms. The first-order valence-corrected chi connectivity index (χ1v) is 20.5. The van der Waals surface area contributed by atoms with Gasteiger partial charge in [0.15, 0.2) is 5.78 Å². The Morgan fingerprint density at radius 1 is 0.855 bits per heavy atom. The van der Waals surface area contributed by atoms with E-state index in [4.69, 9.17) is 9.40 Å². The molecule has 1 N–H and O–H groups in total. The number of carbonyl (C=O) groups excluding carboxylic acids is 1. The summed E-state index contributed by atoms with van der Waals surface area (Å²) in [6.07, 6.45) is 14.0. The van der Waals surface area contributed by atoms with E-state index in [-0.39, 0.29) is 43.1 Å². The second-order valence-electron chi connectivity index (χ2n) is 17.7. The van der Waals surface area contributed by atoms with Gasteiger partial charge in [0.05, 0.1) is 11.3 Å². The third-order valence-electron chi connectivity index (χ3n) is 11.7. The van der Waals surface area contributed by atoms with Crippen molar-refractivity contribution in [3.8, 4) is 11.3 Å². The molecular weight excluding hydrogens is 855 g/mol. The van der Waals surface area contributed by atoms with E-state index in [0.29, 0.717) is 11.7 Å². The number of pyridine rings is 1. The number of aliphatic hydroxyl groups excluding tert-OH is 1.